The Morgan fingerprint density at radius 2 is 1.82 bits per heavy atom. The van der Waals surface area contributed by atoms with E-state index in [1.54, 1.807) is 6.07 Å². The van der Waals surface area contributed by atoms with Crippen molar-refractivity contribution in [3.05, 3.63) is 58.1 Å². The molecule has 0 saturated heterocycles. The van der Waals surface area contributed by atoms with Crippen molar-refractivity contribution in [1.29, 1.82) is 5.26 Å². The van der Waals surface area contributed by atoms with Crippen molar-refractivity contribution < 1.29 is 22.7 Å². The van der Waals surface area contributed by atoms with Crippen LogP contribution in [0.3, 0.4) is 0 Å². The van der Waals surface area contributed by atoms with E-state index in [9.17, 15) is 18.0 Å². The molecule has 0 N–H and O–H groups in total. The number of halogens is 4. The molecule has 0 spiro atoms. The molecule has 0 bridgehead atoms. The van der Waals surface area contributed by atoms with Crippen LogP contribution in [0, 0.1) is 11.3 Å². The number of carbonyl (C=O) groups is 1. The number of hydrogen-bond acceptors (Lipinski definition) is 3. The van der Waals surface area contributed by atoms with Gasteiger partial charge >= 0.3 is 6.18 Å². The number of aldehydes is 1. The Kier molecular flexibility index (Phi) is 4.38. The topological polar surface area (TPSA) is 50.1 Å². The number of carbonyl (C=O) groups excluding carboxylic acids is 1. The third-order valence-electron chi connectivity index (χ3n) is 2.73. The van der Waals surface area contributed by atoms with Gasteiger partial charge in [-0.1, -0.05) is 11.6 Å². The third kappa shape index (κ3) is 3.38. The van der Waals surface area contributed by atoms with E-state index in [1.807, 2.05) is 0 Å². The van der Waals surface area contributed by atoms with Crippen LogP contribution in [0.15, 0.2) is 36.4 Å². The van der Waals surface area contributed by atoms with E-state index in [2.05, 4.69) is 0 Å². The Hall–Kier alpha value is -2.52. The van der Waals surface area contributed by atoms with Gasteiger partial charge in [0.05, 0.1) is 22.2 Å². The minimum Gasteiger partial charge on any atom is -0.455 e. The second kappa shape index (κ2) is 6.08. The van der Waals surface area contributed by atoms with Gasteiger partial charge in [-0.25, -0.2) is 0 Å². The number of nitriles is 1. The van der Waals surface area contributed by atoms with Crippen LogP contribution in [0.1, 0.15) is 21.5 Å². The third-order valence-corrected chi connectivity index (χ3v) is 3.02. The lowest BCUT2D eigenvalue weighted by atomic mass is 10.1. The number of ether oxygens (including phenoxy) is 1. The van der Waals surface area contributed by atoms with Crippen LogP contribution in [0.25, 0.3) is 0 Å². The molecule has 0 aliphatic heterocycles. The Labute approximate surface area is 128 Å². The smallest absolute Gasteiger partial charge is 0.420 e. The molecule has 0 unspecified atom stereocenters. The Morgan fingerprint density at radius 1 is 1.14 bits per heavy atom. The van der Waals surface area contributed by atoms with Gasteiger partial charge in [0.2, 0.25) is 0 Å². The van der Waals surface area contributed by atoms with Crippen molar-refractivity contribution >= 4 is 17.9 Å². The normalized spacial score (nSPS) is 10.9. The molecule has 22 heavy (non-hydrogen) atoms. The molecule has 0 atom stereocenters. The number of benzene rings is 2. The minimum absolute atomic E-state index is 0.00193. The zero-order chi connectivity index (χ0) is 16.3. The van der Waals surface area contributed by atoms with Gasteiger partial charge in [0.1, 0.15) is 17.8 Å². The molecule has 2 rings (SSSR count). The average molecular weight is 326 g/mol. The lowest BCUT2D eigenvalue weighted by Gasteiger charge is -2.14. The molecule has 7 heteroatoms. The van der Waals surface area contributed by atoms with Crippen molar-refractivity contribution in [3.8, 4) is 17.6 Å². The predicted octanol–water partition coefficient (Wildman–Crippen LogP) is 4.84. The van der Waals surface area contributed by atoms with Gasteiger partial charge in [0.15, 0.2) is 0 Å². The molecule has 0 aromatic heterocycles. The number of rotatable bonds is 3. The molecule has 0 amide bonds. The number of alkyl halides is 3. The first-order valence-corrected chi connectivity index (χ1v) is 6.27. The lowest BCUT2D eigenvalue weighted by Crippen LogP contribution is -2.07. The van der Waals surface area contributed by atoms with Crippen LogP contribution in [0.4, 0.5) is 13.2 Å². The second-order valence-electron chi connectivity index (χ2n) is 4.23. The first-order chi connectivity index (χ1) is 10.3. The summed E-state index contributed by atoms with van der Waals surface area (Å²) in [5, 5.41) is 8.70. The maximum Gasteiger partial charge on any atom is 0.420 e. The molecular weight excluding hydrogens is 319 g/mol. The van der Waals surface area contributed by atoms with Crippen molar-refractivity contribution in [2.24, 2.45) is 0 Å². The van der Waals surface area contributed by atoms with Gasteiger partial charge < -0.3 is 4.74 Å². The molecule has 0 aliphatic rings. The molecule has 2 aromatic rings. The van der Waals surface area contributed by atoms with Crippen LogP contribution in [0.2, 0.25) is 5.02 Å². The first kappa shape index (κ1) is 15.9. The quantitative estimate of drug-likeness (QED) is 0.759. The van der Waals surface area contributed by atoms with Crippen molar-refractivity contribution in [1.82, 2.24) is 0 Å². The standard InChI is InChI=1S/C15H7ClF3NO2/c16-12-6-10(8-21)2-4-14(12)22-13-3-1-9(7-20)5-11(13)15(17,18)19/h1-6,8H. The molecule has 0 saturated carbocycles. The fraction of sp³-hybridized carbons (Fsp3) is 0.0667. The Balaban J connectivity index is 2.46. The van der Waals surface area contributed by atoms with Gasteiger partial charge in [0.25, 0.3) is 0 Å². The van der Waals surface area contributed by atoms with Crippen LogP contribution < -0.4 is 4.74 Å². The van der Waals surface area contributed by atoms with E-state index in [4.69, 9.17) is 21.6 Å². The summed E-state index contributed by atoms with van der Waals surface area (Å²) >= 11 is 5.87. The molecule has 2 aromatic carbocycles. The van der Waals surface area contributed by atoms with E-state index >= 15 is 0 Å². The van der Waals surface area contributed by atoms with E-state index in [1.165, 1.54) is 24.3 Å². The summed E-state index contributed by atoms with van der Waals surface area (Å²) < 4.78 is 44.2. The van der Waals surface area contributed by atoms with E-state index in [-0.39, 0.29) is 21.9 Å². The fourth-order valence-corrected chi connectivity index (χ4v) is 1.93. The van der Waals surface area contributed by atoms with E-state index in [0.717, 1.165) is 6.07 Å². The monoisotopic (exact) mass is 325 g/mol. The Morgan fingerprint density at radius 3 is 2.36 bits per heavy atom. The van der Waals surface area contributed by atoms with Gasteiger partial charge in [-0.3, -0.25) is 4.79 Å². The summed E-state index contributed by atoms with van der Waals surface area (Å²) in [5.74, 6) is -0.505. The van der Waals surface area contributed by atoms with Gasteiger partial charge in [0, 0.05) is 5.56 Å². The highest BCUT2D eigenvalue weighted by Crippen LogP contribution is 2.40. The molecule has 0 radical (unpaired) electrons. The highest BCUT2D eigenvalue weighted by Gasteiger charge is 2.35. The zero-order valence-electron chi connectivity index (χ0n) is 10.8. The van der Waals surface area contributed by atoms with Crippen LogP contribution in [-0.2, 0) is 6.18 Å². The van der Waals surface area contributed by atoms with Crippen molar-refractivity contribution in [3.63, 3.8) is 0 Å². The fourth-order valence-electron chi connectivity index (χ4n) is 1.70. The molecule has 3 nitrogen and oxygen atoms in total. The minimum atomic E-state index is -4.68. The SMILES string of the molecule is N#Cc1ccc(Oc2ccc(C=O)cc2Cl)c(C(F)(F)F)c1. The van der Waals surface area contributed by atoms with Crippen LogP contribution in [-0.4, -0.2) is 6.29 Å². The number of nitrogens with zero attached hydrogens (tertiary/aromatic N) is 1. The van der Waals surface area contributed by atoms with Crippen molar-refractivity contribution in [2.75, 3.05) is 0 Å². The summed E-state index contributed by atoms with van der Waals surface area (Å²) in [6.07, 6.45) is -4.13. The summed E-state index contributed by atoms with van der Waals surface area (Å²) in [7, 11) is 0. The van der Waals surface area contributed by atoms with Gasteiger partial charge in [-0.05, 0) is 36.4 Å². The molecule has 0 aliphatic carbocycles. The van der Waals surface area contributed by atoms with Gasteiger partial charge in [-0.2, -0.15) is 18.4 Å². The highest BCUT2D eigenvalue weighted by atomic mass is 35.5. The van der Waals surface area contributed by atoms with Crippen molar-refractivity contribution in [2.45, 2.75) is 6.18 Å². The second-order valence-corrected chi connectivity index (χ2v) is 4.64. The molecule has 112 valence electrons. The van der Waals surface area contributed by atoms with Crippen LogP contribution >= 0.6 is 11.6 Å². The summed E-state index contributed by atoms with van der Waals surface area (Å²) in [6, 6.07) is 8.53. The summed E-state index contributed by atoms with van der Waals surface area (Å²) in [5.41, 5.74) is -0.947. The van der Waals surface area contributed by atoms with Crippen LogP contribution in [0.5, 0.6) is 11.5 Å². The molecule has 0 fully saturated rings. The summed E-state index contributed by atoms with van der Waals surface area (Å²) in [6.45, 7) is 0. The zero-order valence-corrected chi connectivity index (χ0v) is 11.6. The summed E-state index contributed by atoms with van der Waals surface area (Å²) in [4.78, 5) is 10.6. The average Bonchev–Trinajstić information content (AvgIpc) is 2.48. The highest BCUT2D eigenvalue weighted by molar-refractivity contribution is 6.32. The largest absolute Gasteiger partial charge is 0.455 e. The maximum atomic E-state index is 13.0. The Bertz CT molecular complexity index is 766. The van der Waals surface area contributed by atoms with Gasteiger partial charge in [-0.15, -0.1) is 0 Å². The molecular formula is C15H7ClF3NO2. The first-order valence-electron chi connectivity index (χ1n) is 5.89. The van der Waals surface area contributed by atoms with E-state index < -0.39 is 17.5 Å². The van der Waals surface area contributed by atoms with E-state index in [0.29, 0.717) is 12.4 Å². The number of hydrogen-bond donors (Lipinski definition) is 0. The molecule has 0 heterocycles. The maximum absolute atomic E-state index is 13.0. The lowest BCUT2D eigenvalue weighted by molar-refractivity contribution is -0.138. The predicted molar refractivity (Wildman–Crippen MR) is 73.1 cm³/mol.